The number of rotatable bonds is 5. The van der Waals surface area contributed by atoms with Crippen molar-refractivity contribution in [1.29, 1.82) is 0 Å². The van der Waals surface area contributed by atoms with Gasteiger partial charge in [0.2, 0.25) is 15.9 Å². The zero-order valence-electron chi connectivity index (χ0n) is 13.2. The summed E-state index contributed by atoms with van der Waals surface area (Å²) in [6, 6.07) is 4.54. The Labute approximate surface area is 158 Å². The first-order valence-electron chi connectivity index (χ1n) is 7.24. The third kappa shape index (κ3) is 4.74. The van der Waals surface area contributed by atoms with E-state index >= 15 is 0 Å². The number of nitrogens with one attached hydrogen (secondary N) is 1. The van der Waals surface area contributed by atoms with Crippen LogP contribution < -0.4 is 5.32 Å². The second kappa shape index (κ2) is 9.22. The average molecular weight is 417 g/mol. The van der Waals surface area contributed by atoms with Crippen LogP contribution >= 0.6 is 35.6 Å². The smallest absolute Gasteiger partial charge is 0.244 e. The topological polar surface area (TPSA) is 69.7 Å². The van der Waals surface area contributed by atoms with Gasteiger partial charge < -0.3 is 10.2 Å². The normalized spacial score (nSPS) is 15.9. The number of carbonyl (C=O) groups is 1. The van der Waals surface area contributed by atoms with Gasteiger partial charge in [-0.05, 0) is 19.2 Å². The first-order valence-corrected chi connectivity index (χ1v) is 9.44. The Morgan fingerprint density at radius 2 is 1.83 bits per heavy atom. The lowest BCUT2D eigenvalue weighted by Crippen LogP contribution is -2.50. The Balaban J connectivity index is 0.00000288. The van der Waals surface area contributed by atoms with Crippen molar-refractivity contribution < 1.29 is 13.2 Å². The highest BCUT2D eigenvalue weighted by molar-refractivity contribution is 7.89. The maximum Gasteiger partial charge on any atom is 0.244 e. The number of sulfonamides is 1. The van der Waals surface area contributed by atoms with Crippen LogP contribution in [0.15, 0.2) is 23.1 Å². The first kappa shape index (κ1) is 21.5. The molecule has 24 heavy (non-hydrogen) atoms. The molecule has 1 aromatic rings. The molecular weight excluding hydrogens is 397 g/mol. The summed E-state index contributed by atoms with van der Waals surface area (Å²) in [5.74, 6) is 0.0252. The molecule has 0 spiro atoms. The van der Waals surface area contributed by atoms with Crippen LogP contribution in [0, 0.1) is 0 Å². The van der Waals surface area contributed by atoms with Gasteiger partial charge in [-0.2, -0.15) is 4.31 Å². The first-order chi connectivity index (χ1) is 10.9. The lowest BCUT2D eigenvalue weighted by molar-refractivity contribution is -0.132. The van der Waals surface area contributed by atoms with Crippen molar-refractivity contribution in [2.45, 2.75) is 11.3 Å². The monoisotopic (exact) mass is 415 g/mol. The minimum absolute atomic E-state index is 0. The van der Waals surface area contributed by atoms with E-state index in [2.05, 4.69) is 5.32 Å². The molecule has 1 saturated heterocycles. The van der Waals surface area contributed by atoms with E-state index in [4.69, 9.17) is 23.2 Å². The quantitative estimate of drug-likeness (QED) is 0.795. The molecule has 6 nitrogen and oxygen atoms in total. The van der Waals surface area contributed by atoms with E-state index in [-0.39, 0.29) is 46.3 Å². The summed E-state index contributed by atoms with van der Waals surface area (Å²) in [5.41, 5.74) is 0. The van der Waals surface area contributed by atoms with E-state index in [1.807, 2.05) is 0 Å². The second-order valence-corrected chi connectivity index (χ2v) is 7.88. The molecule has 0 bridgehead atoms. The summed E-state index contributed by atoms with van der Waals surface area (Å²) >= 11 is 11.9. The molecule has 1 aliphatic rings. The van der Waals surface area contributed by atoms with Gasteiger partial charge in [-0.1, -0.05) is 29.3 Å². The summed E-state index contributed by atoms with van der Waals surface area (Å²) in [7, 11) is -1.93. The molecule has 1 aliphatic heterocycles. The molecule has 1 N–H and O–H groups in total. The molecule has 0 radical (unpaired) electrons. The fraction of sp³-hybridized carbons (Fsp3) is 0.500. The molecule has 0 aliphatic carbocycles. The average Bonchev–Trinajstić information content (AvgIpc) is 2.55. The summed E-state index contributed by atoms with van der Waals surface area (Å²) < 4.78 is 26.7. The summed E-state index contributed by atoms with van der Waals surface area (Å²) in [4.78, 5) is 13.6. The SMILES string of the molecule is CNCCC(=O)N1CCN(S(=O)(=O)c2cccc(Cl)c2Cl)CC1.Cl. The zero-order chi connectivity index (χ0) is 17.0. The van der Waals surface area contributed by atoms with Gasteiger partial charge in [-0.15, -0.1) is 12.4 Å². The maximum atomic E-state index is 12.7. The van der Waals surface area contributed by atoms with Gasteiger partial charge in [0.1, 0.15) is 4.90 Å². The molecule has 2 rings (SSSR count). The van der Waals surface area contributed by atoms with Crippen LogP contribution in [0.5, 0.6) is 0 Å². The minimum atomic E-state index is -3.71. The Kier molecular flexibility index (Phi) is 8.25. The van der Waals surface area contributed by atoms with Crippen molar-refractivity contribution >= 4 is 51.5 Å². The number of amides is 1. The molecule has 1 fully saturated rings. The van der Waals surface area contributed by atoms with Crippen molar-refractivity contribution in [3.63, 3.8) is 0 Å². The summed E-state index contributed by atoms with van der Waals surface area (Å²) in [6.45, 7) is 1.85. The molecule has 0 unspecified atom stereocenters. The third-order valence-corrected chi connectivity index (χ3v) is 6.59. The summed E-state index contributed by atoms with van der Waals surface area (Å²) in [6.07, 6.45) is 0.406. The number of piperazine rings is 1. The van der Waals surface area contributed by atoms with E-state index in [0.29, 0.717) is 26.1 Å². The molecule has 1 heterocycles. The number of halogens is 3. The van der Waals surface area contributed by atoms with Gasteiger partial charge >= 0.3 is 0 Å². The number of nitrogens with zero attached hydrogens (tertiary/aromatic N) is 2. The molecule has 0 atom stereocenters. The Morgan fingerprint density at radius 1 is 1.21 bits per heavy atom. The van der Waals surface area contributed by atoms with Crippen molar-refractivity contribution in [1.82, 2.24) is 14.5 Å². The minimum Gasteiger partial charge on any atom is -0.340 e. The summed E-state index contributed by atoms with van der Waals surface area (Å²) in [5, 5.41) is 3.15. The number of carbonyl (C=O) groups excluding carboxylic acids is 1. The predicted octanol–water partition coefficient (Wildman–Crippen LogP) is 1.86. The van der Waals surface area contributed by atoms with Gasteiger partial charge in [0.15, 0.2) is 0 Å². The van der Waals surface area contributed by atoms with Crippen LogP contribution in [-0.4, -0.2) is 63.3 Å². The van der Waals surface area contributed by atoms with Gasteiger partial charge in [0, 0.05) is 39.1 Å². The lowest BCUT2D eigenvalue weighted by atomic mass is 10.3. The molecular formula is C14H20Cl3N3O3S. The number of hydrogen-bond acceptors (Lipinski definition) is 4. The highest BCUT2D eigenvalue weighted by atomic mass is 35.5. The Morgan fingerprint density at radius 3 is 2.42 bits per heavy atom. The van der Waals surface area contributed by atoms with Crippen LogP contribution in [0.2, 0.25) is 10.0 Å². The van der Waals surface area contributed by atoms with E-state index in [9.17, 15) is 13.2 Å². The van der Waals surface area contributed by atoms with Gasteiger partial charge in [-0.25, -0.2) is 8.42 Å². The zero-order valence-corrected chi connectivity index (χ0v) is 16.3. The van der Waals surface area contributed by atoms with E-state index < -0.39 is 10.0 Å². The van der Waals surface area contributed by atoms with E-state index in [1.165, 1.54) is 10.4 Å². The highest BCUT2D eigenvalue weighted by Crippen LogP contribution is 2.31. The largest absolute Gasteiger partial charge is 0.340 e. The van der Waals surface area contributed by atoms with Crippen molar-refractivity contribution in [3.8, 4) is 0 Å². The standard InChI is InChI=1S/C14H19Cl2N3O3S.ClH/c1-17-6-5-13(20)18-7-9-19(10-8-18)23(21,22)12-4-2-3-11(15)14(12)16;/h2-4,17H,5-10H2,1H3;1H. The maximum absolute atomic E-state index is 12.7. The second-order valence-electron chi connectivity index (χ2n) is 5.19. The fourth-order valence-electron chi connectivity index (χ4n) is 2.39. The molecule has 1 aromatic carbocycles. The molecule has 136 valence electrons. The third-order valence-electron chi connectivity index (χ3n) is 3.71. The van der Waals surface area contributed by atoms with Crippen LogP contribution in [0.25, 0.3) is 0 Å². The fourth-order valence-corrected chi connectivity index (χ4v) is 4.55. The predicted molar refractivity (Wildman–Crippen MR) is 97.6 cm³/mol. The lowest BCUT2D eigenvalue weighted by Gasteiger charge is -2.34. The molecule has 10 heteroatoms. The Hall–Kier alpha value is -0.570. The van der Waals surface area contributed by atoms with Crippen molar-refractivity contribution in [3.05, 3.63) is 28.2 Å². The highest BCUT2D eigenvalue weighted by Gasteiger charge is 2.31. The molecule has 1 amide bonds. The molecule has 0 saturated carbocycles. The number of benzene rings is 1. The van der Waals surface area contributed by atoms with Gasteiger partial charge in [-0.3, -0.25) is 4.79 Å². The van der Waals surface area contributed by atoms with Crippen LogP contribution in [0.4, 0.5) is 0 Å². The van der Waals surface area contributed by atoms with Crippen molar-refractivity contribution in [2.24, 2.45) is 0 Å². The number of hydrogen-bond donors (Lipinski definition) is 1. The van der Waals surface area contributed by atoms with Gasteiger partial charge in [0.25, 0.3) is 0 Å². The van der Waals surface area contributed by atoms with Crippen LogP contribution in [-0.2, 0) is 14.8 Å². The Bertz CT molecular complexity index is 677. The van der Waals surface area contributed by atoms with Crippen LogP contribution in [0.1, 0.15) is 6.42 Å². The van der Waals surface area contributed by atoms with Crippen LogP contribution in [0.3, 0.4) is 0 Å². The van der Waals surface area contributed by atoms with E-state index in [1.54, 1.807) is 24.1 Å². The molecule has 0 aromatic heterocycles. The van der Waals surface area contributed by atoms with E-state index in [0.717, 1.165) is 0 Å². The van der Waals surface area contributed by atoms with Gasteiger partial charge in [0.05, 0.1) is 10.0 Å². The van der Waals surface area contributed by atoms with Crippen molar-refractivity contribution in [2.75, 3.05) is 39.8 Å².